The van der Waals surface area contributed by atoms with Crippen LogP contribution in [0.5, 0.6) is 0 Å². The van der Waals surface area contributed by atoms with Crippen LogP contribution in [0.3, 0.4) is 0 Å². The zero-order valence-corrected chi connectivity index (χ0v) is 9.85. The predicted molar refractivity (Wildman–Crippen MR) is 71.7 cm³/mol. The standard InChI is InChI=1S/C12H10.C3H3N3/c1-3-7-11(8-4-1)12-9-5-2-6-10-12;1-4-2-6-3-5-1/h1-10H;1-3H. The zero-order chi connectivity index (χ0) is 12.5. The van der Waals surface area contributed by atoms with E-state index in [-0.39, 0.29) is 0 Å². The summed E-state index contributed by atoms with van der Waals surface area (Å²) in [6, 6.07) is 20.8. The van der Waals surface area contributed by atoms with Gasteiger partial charge in [0.15, 0.2) is 0 Å². The topological polar surface area (TPSA) is 38.7 Å². The molecule has 0 spiro atoms. The summed E-state index contributed by atoms with van der Waals surface area (Å²) in [4.78, 5) is 10.7. The fourth-order valence-electron chi connectivity index (χ4n) is 1.47. The number of rotatable bonds is 1. The molecule has 0 N–H and O–H groups in total. The van der Waals surface area contributed by atoms with E-state index in [2.05, 4.69) is 63.5 Å². The maximum absolute atomic E-state index is 3.56. The summed E-state index contributed by atoms with van der Waals surface area (Å²) in [6.07, 6.45) is 4.31. The van der Waals surface area contributed by atoms with Crippen LogP contribution in [0, 0.1) is 0 Å². The lowest BCUT2D eigenvalue weighted by Crippen LogP contribution is -1.73. The highest BCUT2D eigenvalue weighted by Gasteiger charge is 1.91. The molecular weight excluding hydrogens is 222 g/mol. The van der Waals surface area contributed by atoms with Gasteiger partial charge in [0.2, 0.25) is 0 Å². The Kier molecular flexibility index (Phi) is 4.58. The first-order valence-electron chi connectivity index (χ1n) is 5.62. The molecule has 0 unspecified atom stereocenters. The first-order chi connectivity index (χ1) is 8.97. The quantitative estimate of drug-likeness (QED) is 0.650. The normalized spacial score (nSPS) is 9.11. The van der Waals surface area contributed by atoms with Crippen molar-refractivity contribution in [1.82, 2.24) is 15.0 Å². The van der Waals surface area contributed by atoms with Crippen molar-refractivity contribution in [3.05, 3.63) is 79.6 Å². The van der Waals surface area contributed by atoms with E-state index in [0.717, 1.165) is 0 Å². The Morgan fingerprint density at radius 3 is 1.06 bits per heavy atom. The number of benzene rings is 2. The summed E-state index contributed by atoms with van der Waals surface area (Å²) in [5.74, 6) is 0. The van der Waals surface area contributed by atoms with Crippen molar-refractivity contribution < 1.29 is 0 Å². The first-order valence-corrected chi connectivity index (χ1v) is 5.62. The number of nitrogens with zero attached hydrogens (tertiary/aromatic N) is 3. The van der Waals surface area contributed by atoms with Crippen molar-refractivity contribution >= 4 is 0 Å². The Hall–Kier alpha value is -2.55. The molecule has 0 bridgehead atoms. The third-order valence-corrected chi connectivity index (χ3v) is 2.28. The van der Waals surface area contributed by atoms with Crippen LogP contribution >= 0.6 is 0 Å². The van der Waals surface area contributed by atoms with Crippen LogP contribution in [0.25, 0.3) is 11.1 Å². The van der Waals surface area contributed by atoms with Crippen molar-refractivity contribution in [3.8, 4) is 11.1 Å². The second kappa shape index (κ2) is 6.91. The van der Waals surface area contributed by atoms with Crippen molar-refractivity contribution in [1.29, 1.82) is 0 Å². The Bertz CT molecular complexity index is 474. The van der Waals surface area contributed by atoms with E-state index in [9.17, 15) is 0 Å². The average molecular weight is 235 g/mol. The van der Waals surface area contributed by atoms with Gasteiger partial charge in [-0.2, -0.15) is 0 Å². The number of hydrogen-bond donors (Lipinski definition) is 0. The highest BCUT2D eigenvalue weighted by atomic mass is 14.9. The van der Waals surface area contributed by atoms with Gasteiger partial charge in [-0.05, 0) is 11.1 Å². The Labute approximate surface area is 106 Å². The Morgan fingerprint density at radius 1 is 0.444 bits per heavy atom. The highest BCUT2D eigenvalue weighted by molar-refractivity contribution is 5.62. The van der Waals surface area contributed by atoms with Crippen molar-refractivity contribution in [2.75, 3.05) is 0 Å². The number of hydrogen-bond acceptors (Lipinski definition) is 3. The molecule has 0 atom stereocenters. The molecule has 1 heterocycles. The van der Waals surface area contributed by atoms with Gasteiger partial charge in [-0.3, -0.25) is 0 Å². The Balaban J connectivity index is 0.000000169. The van der Waals surface area contributed by atoms with Gasteiger partial charge in [-0.1, -0.05) is 60.7 Å². The molecule has 18 heavy (non-hydrogen) atoms. The first kappa shape index (κ1) is 11.9. The molecule has 0 saturated carbocycles. The minimum Gasteiger partial charge on any atom is -0.225 e. The molecule has 0 amide bonds. The van der Waals surface area contributed by atoms with Crippen LogP contribution in [0.4, 0.5) is 0 Å². The maximum atomic E-state index is 3.56. The molecule has 3 heteroatoms. The Morgan fingerprint density at radius 2 is 0.778 bits per heavy atom. The fourth-order valence-corrected chi connectivity index (χ4v) is 1.47. The second-order valence-electron chi connectivity index (χ2n) is 3.53. The average Bonchev–Trinajstić information content (AvgIpc) is 2.51. The van der Waals surface area contributed by atoms with Crippen molar-refractivity contribution in [3.63, 3.8) is 0 Å². The lowest BCUT2D eigenvalue weighted by molar-refractivity contribution is 1.05. The van der Waals surface area contributed by atoms with Gasteiger partial charge >= 0.3 is 0 Å². The molecule has 88 valence electrons. The highest BCUT2D eigenvalue weighted by Crippen LogP contribution is 2.17. The second-order valence-corrected chi connectivity index (χ2v) is 3.53. The van der Waals surface area contributed by atoms with Gasteiger partial charge < -0.3 is 0 Å². The van der Waals surface area contributed by atoms with Crippen LogP contribution in [0.15, 0.2) is 79.6 Å². The van der Waals surface area contributed by atoms with E-state index < -0.39 is 0 Å². The molecule has 0 aliphatic heterocycles. The van der Waals surface area contributed by atoms with Crippen LogP contribution in [0.2, 0.25) is 0 Å². The molecule has 2 aromatic carbocycles. The summed E-state index contributed by atoms with van der Waals surface area (Å²) in [5, 5.41) is 0. The molecule has 0 saturated heterocycles. The zero-order valence-electron chi connectivity index (χ0n) is 9.85. The van der Waals surface area contributed by atoms with Crippen LogP contribution in [-0.4, -0.2) is 15.0 Å². The van der Waals surface area contributed by atoms with Crippen LogP contribution < -0.4 is 0 Å². The van der Waals surface area contributed by atoms with Gasteiger partial charge in [0.25, 0.3) is 0 Å². The summed E-state index contributed by atoms with van der Waals surface area (Å²) >= 11 is 0. The van der Waals surface area contributed by atoms with E-state index in [1.165, 1.54) is 30.1 Å². The van der Waals surface area contributed by atoms with Gasteiger partial charge in [0, 0.05) is 0 Å². The molecule has 0 fully saturated rings. The molecular formula is C15H13N3. The molecule has 0 aliphatic rings. The van der Waals surface area contributed by atoms with E-state index in [1.54, 1.807) is 0 Å². The molecule has 1 aromatic heterocycles. The summed E-state index contributed by atoms with van der Waals surface area (Å²) in [5.41, 5.74) is 2.55. The van der Waals surface area contributed by atoms with Crippen molar-refractivity contribution in [2.24, 2.45) is 0 Å². The van der Waals surface area contributed by atoms with Crippen molar-refractivity contribution in [2.45, 2.75) is 0 Å². The van der Waals surface area contributed by atoms with E-state index in [4.69, 9.17) is 0 Å². The predicted octanol–water partition coefficient (Wildman–Crippen LogP) is 3.23. The van der Waals surface area contributed by atoms with E-state index >= 15 is 0 Å². The summed E-state index contributed by atoms with van der Waals surface area (Å²) < 4.78 is 0. The van der Waals surface area contributed by atoms with Gasteiger partial charge in [-0.25, -0.2) is 15.0 Å². The molecule has 3 aromatic rings. The third kappa shape index (κ3) is 3.79. The minimum absolute atomic E-state index is 1.28. The summed E-state index contributed by atoms with van der Waals surface area (Å²) in [6.45, 7) is 0. The molecule has 3 rings (SSSR count). The summed E-state index contributed by atoms with van der Waals surface area (Å²) in [7, 11) is 0. The van der Waals surface area contributed by atoms with Crippen LogP contribution in [0.1, 0.15) is 0 Å². The van der Waals surface area contributed by atoms with E-state index in [1.807, 2.05) is 12.1 Å². The minimum atomic E-state index is 1.28. The monoisotopic (exact) mass is 235 g/mol. The molecule has 0 aliphatic carbocycles. The smallest absolute Gasteiger partial charge is 0.119 e. The van der Waals surface area contributed by atoms with Crippen LogP contribution in [-0.2, 0) is 0 Å². The maximum Gasteiger partial charge on any atom is 0.119 e. The lowest BCUT2D eigenvalue weighted by Gasteiger charge is -1.98. The van der Waals surface area contributed by atoms with Gasteiger partial charge in [0.05, 0.1) is 0 Å². The molecule has 0 radical (unpaired) electrons. The van der Waals surface area contributed by atoms with Gasteiger partial charge in [-0.15, -0.1) is 0 Å². The largest absolute Gasteiger partial charge is 0.225 e. The third-order valence-electron chi connectivity index (χ3n) is 2.28. The SMILES string of the molecule is c1ccc(-c2ccccc2)cc1.c1ncncn1. The molecule has 3 nitrogen and oxygen atoms in total. The number of aromatic nitrogens is 3. The lowest BCUT2D eigenvalue weighted by atomic mass is 10.1. The van der Waals surface area contributed by atoms with Gasteiger partial charge in [0.1, 0.15) is 19.0 Å². The fraction of sp³-hybridized carbons (Fsp3) is 0. The van der Waals surface area contributed by atoms with E-state index in [0.29, 0.717) is 0 Å².